The van der Waals surface area contributed by atoms with Gasteiger partial charge in [-0.3, -0.25) is 0 Å². The highest BCUT2D eigenvalue weighted by Crippen LogP contribution is 2.26. The van der Waals surface area contributed by atoms with Gasteiger partial charge in [0, 0.05) is 6.42 Å². The molecular weight excluding hydrogens is 166 g/mol. The summed E-state index contributed by atoms with van der Waals surface area (Å²) < 4.78 is 0. The summed E-state index contributed by atoms with van der Waals surface area (Å²) in [6.45, 7) is 0. The predicted molar refractivity (Wildman–Crippen MR) is 46.6 cm³/mol. The largest absolute Gasteiger partial charge is 0.379 e. The lowest BCUT2D eigenvalue weighted by Crippen LogP contribution is -2.25. The van der Waals surface area contributed by atoms with Crippen LogP contribution >= 0.6 is 0 Å². The van der Waals surface area contributed by atoms with Crippen LogP contribution in [0.4, 0.5) is 0 Å². The molecule has 0 bridgehead atoms. The van der Waals surface area contributed by atoms with Crippen LogP contribution in [0.15, 0.2) is 36.6 Å². The van der Waals surface area contributed by atoms with Crippen LogP contribution in [0.1, 0.15) is 12.1 Å². The monoisotopic (exact) mass is 175 g/mol. The molecule has 2 rings (SSSR count). The van der Waals surface area contributed by atoms with E-state index in [1.807, 2.05) is 12.2 Å². The molecule has 0 aliphatic heterocycles. The molecular formula is C9H9N3O. The van der Waals surface area contributed by atoms with Gasteiger partial charge >= 0.3 is 0 Å². The van der Waals surface area contributed by atoms with Crippen molar-refractivity contribution in [3.63, 3.8) is 0 Å². The van der Waals surface area contributed by atoms with E-state index in [-0.39, 0.29) is 0 Å². The Kier molecular flexibility index (Phi) is 1.90. The zero-order chi connectivity index (χ0) is 9.15. The average molecular weight is 175 g/mol. The minimum atomic E-state index is -1.01. The molecule has 1 unspecified atom stereocenters. The van der Waals surface area contributed by atoms with Crippen molar-refractivity contribution in [1.29, 1.82) is 0 Å². The second kappa shape index (κ2) is 3.06. The van der Waals surface area contributed by atoms with Gasteiger partial charge in [0.1, 0.15) is 11.3 Å². The molecule has 0 fully saturated rings. The van der Waals surface area contributed by atoms with E-state index in [0.717, 1.165) is 0 Å². The molecule has 0 saturated heterocycles. The molecule has 1 aliphatic rings. The molecule has 0 aromatic carbocycles. The first-order valence-corrected chi connectivity index (χ1v) is 4.03. The maximum absolute atomic E-state index is 10.1. The third kappa shape index (κ3) is 1.48. The average Bonchev–Trinajstić information content (AvgIpc) is 2.20. The van der Waals surface area contributed by atoms with E-state index in [4.69, 9.17) is 0 Å². The van der Waals surface area contributed by atoms with Crippen LogP contribution in [0.2, 0.25) is 0 Å². The van der Waals surface area contributed by atoms with E-state index in [2.05, 4.69) is 15.4 Å². The second-order valence-electron chi connectivity index (χ2n) is 2.92. The van der Waals surface area contributed by atoms with Crippen LogP contribution in [0.5, 0.6) is 0 Å². The number of hydrogen-bond acceptors (Lipinski definition) is 4. The van der Waals surface area contributed by atoms with Gasteiger partial charge in [0.15, 0.2) is 0 Å². The smallest absolute Gasteiger partial charge is 0.130 e. The number of allylic oxidation sites excluding steroid dienone is 2. The Balaban J connectivity index is 2.35. The van der Waals surface area contributed by atoms with Crippen molar-refractivity contribution in [3.05, 3.63) is 42.3 Å². The van der Waals surface area contributed by atoms with Crippen LogP contribution < -0.4 is 0 Å². The molecule has 1 aliphatic carbocycles. The molecule has 66 valence electrons. The van der Waals surface area contributed by atoms with E-state index < -0.39 is 5.60 Å². The highest BCUT2D eigenvalue weighted by atomic mass is 16.3. The maximum atomic E-state index is 10.1. The third-order valence-corrected chi connectivity index (χ3v) is 1.99. The van der Waals surface area contributed by atoms with Gasteiger partial charge in [-0.25, -0.2) is 0 Å². The van der Waals surface area contributed by atoms with Crippen molar-refractivity contribution in [2.24, 2.45) is 0 Å². The second-order valence-corrected chi connectivity index (χ2v) is 2.92. The molecule has 1 atom stereocenters. The summed E-state index contributed by atoms with van der Waals surface area (Å²) in [5.74, 6) is 0. The Bertz CT molecular complexity index is 347. The fraction of sp³-hybridized carbons (Fsp3) is 0.222. The first-order chi connectivity index (χ1) is 6.31. The quantitative estimate of drug-likeness (QED) is 0.678. The van der Waals surface area contributed by atoms with Gasteiger partial charge in [-0.1, -0.05) is 18.2 Å². The Labute approximate surface area is 75.6 Å². The van der Waals surface area contributed by atoms with Crippen molar-refractivity contribution in [2.45, 2.75) is 12.0 Å². The van der Waals surface area contributed by atoms with Crippen LogP contribution in [-0.4, -0.2) is 20.5 Å². The van der Waals surface area contributed by atoms with Crippen molar-refractivity contribution in [2.75, 3.05) is 0 Å². The lowest BCUT2D eigenvalue weighted by molar-refractivity contribution is 0.0854. The lowest BCUT2D eigenvalue weighted by Gasteiger charge is -2.22. The predicted octanol–water partition coefficient (Wildman–Crippen LogP) is 0.575. The SMILES string of the molecule is OC1(c2ccnnn2)C=CC=CC1. The molecule has 1 N–H and O–H groups in total. The summed E-state index contributed by atoms with van der Waals surface area (Å²) in [5, 5.41) is 20.9. The molecule has 13 heavy (non-hydrogen) atoms. The topological polar surface area (TPSA) is 58.9 Å². The number of aliphatic hydroxyl groups is 1. The lowest BCUT2D eigenvalue weighted by atomic mass is 9.92. The highest BCUT2D eigenvalue weighted by molar-refractivity contribution is 5.25. The normalized spacial score (nSPS) is 26.2. The minimum Gasteiger partial charge on any atom is -0.379 e. The molecule has 0 amide bonds. The Morgan fingerprint density at radius 2 is 2.31 bits per heavy atom. The molecule has 1 aromatic heterocycles. The summed E-state index contributed by atoms with van der Waals surface area (Å²) >= 11 is 0. The first-order valence-electron chi connectivity index (χ1n) is 4.03. The number of rotatable bonds is 1. The number of nitrogens with zero attached hydrogens (tertiary/aromatic N) is 3. The first kappa shape index (κ1) is 8.07. The van der Waals surface area contributed by atoms with Crippen LogP contribution in [0, 0.1) is 0 Å². The van der Waals surface area contributed by atoms with Gasteiger partial charge in [0.05, 0.1) is 6.20 Å². The zero-order valence-corrected chi connectivity index (χ0v) is 6.96. The zero-order valence-electron chi connectivity index (χ0n) is 6.96. The van der Waals surface area contributed by atoms with Gasteiger partial charge in [-0.15, -0.1) is 10.2 Å². The summed E-state index contributed by atoms with van der Waals surface area (Å²) in [6.07, 6.45) is 9.34. The van der Waals surface area contributed by atoms with Gasteiger partial charge in [-0.2, -0.15) is 0 Å². The van der Waals surface area contributed by atoms with Gasteiger partial charge in [0.25, 0.3) is 0 Å². The minimum absolute atomic E-state index is 0.530. The van der Waals surface area contributed by atoms with Gasteiger partial charge in [-0.05, 0) is 17.4 Å². The molecule has 4 nitrogen and oxygen atoms in total. The molecule has 1 heterocycles. The standard InChI is InChI=1S/C9H9N3O/c13-9(5-2-1-3-6-9)8-4-7-10-12-11-8/h1-5,7,13H,6H2. The summed E-state index contributed by atoms with van der Waals surface area (Å²) in [6, 6.07) is 1.66. The van der Waals surface area contributed by atoms with E-state index in [1.54, 1.807) is 18.2 Å². The van der Waals surface area contributed by atoms with E-state index >= 15 is 0 Å². The summed E-state index contributed by atoms with van der Waals surface area (Å²) in [4.78, 5) is 0. The Morgan fingerprint density at radius 3 is 2.92 bits per heavy atom. The molecule has 4 heteroatoms. The van der Waals surface area contributed by atoms with Crippen molar-refractivity contribution in [3.8, 4) is 0 Å². The third-order valence-electron chi connectivity index (χ3n) is 1.99. The molecule has 1 aromatic rings. The van der Waals surface area contributed by atoms with Crippen molar-refractivity contribution < 1.29 is 5.11 Å². The summed E-state index contributed by atoms with van der Waals surface area (Å²) in [7, 11) is 0. The Morgan fingerprint density at radius 1 is 1.38 bits per heavy atom. The molecule has 0 spiro atoms. The van der Waals surface area contributed by atoms with E-state index in [0.29, 0.717) is 12.1 Å². The Hall–Kier alpha value is -1.55. The summed E-state index contributed by atoms with van der Waals surface area (Å²) in [5.41, 5.74) is -0.479. The van der Waals surface area contributed by atoms with Crippen molar-refractivity contribution in [1.82, 2.24) is 15.4 Å². The van der Waals surface area contributed by atoms with E-state index in [9.17, 15) is 5.11 Å². The van der Waals surface area contributed by atoms with Crippen LogP contribution in [0.25, 0.3) is 0 Å². The van der Waals surface area contributed by atoms with Crippen LogP contribution in [-0.2, 0) is 5.60 Å². The van der Waals surface area contributed by atoms with Gasteiger partial charge < -0.3 is 5.11 Å². The number of aromatic nitrogens is 3. The molecule has 0 saturated carbocycles. The van der Waals surface area contributed by atoms with E-state index in [1.165, 1.54) is 6.20 Å². The number of hydrogen-bond donors (Lipinski definition) is 1. The van der Waals surface area contributed by atoms with Gasteiger partial charge in [0.2, 0.25) is 0 Å². The van der Waals surface area contributed by atoms with Crippen LogP contribution in [0.3, 0.4) is 0 Å². The fourth-order valence-corrected chi connectivity index (χ4v) is 1.27. The maximum Gasteiger partial charge on any atom is 0.130 e. The van der Waals surface area contributed by atoms with Crippen molar-refractivity contribution >= 4 is 0 Å². The fourth-order valence-electron chi connectivity index (χ4n) is 1.27. The molecule has 0 radical (unpaired) electrons. The highest BCUT2D eigenvalue weighted by Gasteiger charge is 2.27.